The van der Waals surface area contributed by atoms with Gasteiger partial charge in [0.1, 0.15) is 17.7 Å². The van der Waals surface area contributed by atoms with Crippen molar-refractivity contribution < 1.29 is 19.1 Å². The highest BCUT2D eigenvalue weighted by atomic mass is 16.6. The van der Waals surface area contributed by atoms with Crippen molar-refractivity contribution in [3.63, 3.8) is 0 Å². The first-order chi connectivity index (χ1) is 18.6. The average Bonchev–Trinajstić information content (AvgIpc) is 2.83. The van der Waals surface area contributed by atoms with Gasteiger partial charge in [-0.05, 0) is 89.3 Å². The van der Waals surface area contributed by atoms with Gasteiger partial charge in [-0.3, -0.25) is 9.59 Å². The molecule has 0 heterocycles. The van der Waals surface area contributed by atoms with E-state index in [1.54, 1.807) is 31.7 Å². The van der Waals surface area contributed by atoms with E-state index in [9.17, 15) is 14.4 Å². The summed E-state index contributed by atoms with van der Waals surface area (Å²) in [5.74, 6) is 0.0416. The lowest BCUT2D eigenvalue weighted by Gasteiger charge is -2.39. The molecule has 4 unspecified atom stereocenters. The number of carbonyl (C=O) groups excluding carboxylic acids is 3. The quantitative estimate of drug-likeness (QED) is 0.237. The van der Waals surface area contributed by atoms with E-state index in [1.165, 1.54) is 0 Å². The Morgan fingerprint density at radius 2 is 1.62 bits per heavy atom. The first-order valence-corrected chi connectivity index (χ1v) is 14.9. The van der Waals surface area contributed by atoms with Gasteiger partial charge < -0.3 is 20.3 Å². The van der Waals surface area contributed by atoms with E-state index < -0.39 is 23.8 Å². The van der Waals surface area contributed by atoms with Crippen LogP contribution >= 0.6 is 0 Å². The summed E-state index contributed by atoms with van der Waals surface area (Å²) >= 11 is 0. The van der Waals surface area contributed by atoms with E-state index in [-0.39, 0.29) is 29.8 Å². The Morgan fingerprint density at radius 3 is 2.15 bits per heavy atom. The normalized spacial score (nSPS) is 14.7. The van der Waals surface area contributed by atoms with Crippen molar-refractivity contribution in [1.82, 2.24) is 15.5 Å². The second-order valence-electron chi connectivity index (χ2n) is 12.9. The molecule has 1 aromatic rings. The molecule has 0 aromatic heterocycles. The van der Waals surface area contributed by atoms with Crippen molar-refractivity contribution in [1.29, 1.82) is 0 Å². The van der Waals surface area contributed by atoms with E-state index in [4.69, 9.17) is 4.74 Å². The molecule has 0 radical (unpaired) electrons. The number of benzene rings is 1. The number of ether oxygens (including phenoxy) is 1. The molecular weight excluding hydrogens is 502 g/mol. The minimum Gasteiger partial charge on any atom is -0.444 e. The molecule has 226 valence electrons. The number of hydrogen-bond acceptors (Lipinski definition) is 4. The van der Waals surface area contributed by atoms with Crippen LogP contribution in [-0.2, 0) is 14.3 Å². The summed E-state index contributed by atoms with van der Waals surface area (Å²) in [4.78, 5) is 43.1. The standard InChI is InChI=1S/C33H55N3O4/c1-12-15-24(7)34-30(37)29(27-17-14-16-26(13-2)21-27)36(25(8)19-18-22(3)4)31(38)28(20-23(5)6)35-32(39)40-33(9,10)11/h13-14,16-17,21-25,28-29H,2,12,15,18-20H2,1,3-11H3,(H,34,37)(H,35,39). The molecule has 0 spiro atoms. The number of carbonyl (C=O) groups is 3. The molecule has 0 saturated heterocycles. The van der Waals surface area contributed by atoms with E-state index in [0.29, 0.717) is 17.9 Å². The van der Waals surface area contributed by atoms with Crippen LogP contribution in [0.25, 0.3) is 6.08 Å². The van der Waals surface area contributed by atoms with E-state index in [1.807, 2.05) is 52.0 Å². The Balaban J connectivity index is 3.69. The fourth-order valence-electron chi connectivity index (χ4n) is 4.76. The molecule has 0 aliphatic rings. The summed E-state index contributed by atoms with van der Waals surface area (Å²) in [6.45, 7) is 23.6. The number of nitrogens with zero attached hydrogens (tertiary/aromatic N) is 1. The van der Waals surface area contributed by atoms with Crippen molar-refractivity contribution in [3.8, 4) is 0 Å². The van der Waals surface area contributed by atoms with Gasteiger partial charge in [0.2, 0.25) is 11.8 Å². The largest absolute Gasteiger partial charge is 0.444 e. The maximum Gasteiger partial charge on any atom is 0.408 e. The van der Waals surface area contributed by atoms with E-state index in [0.717, 1.165) is 31.2 Å². The van der Waals surface area contributed by atoms with Gasteiger partial charge in [-0.2, -0.15) is 0 Å². The summed E-state index contributed by atoms with van der Waals surface area (Å²) in [5, 5.41) is 5.99. The van der Waals surface area contributed by atoms with Crippen LogP contribution in [0.4, 0.5) is 4.79 Å². The molecule has 2 N–H and O–H groups in total. The van der Waals surface area contributed by atoms with Gasteiger partial charge in [0.15, 0.2) is 0 Å². The maximum absolute atomic E-state index is 14.5. The van der Waals surface area contributed by atoms with Gasteiger partial charge in [-0.1, -0.05) is 71.9 Å². The molecule has 0 aliphatic heterocycles. The van der Waals surface area contributed by atoms with Crippen LogP contribution in [0.3, 0.4) is 0 Å². The third kappa shape index (κ3) is 12.1. The predicted octanol–water partition coefficient (Wildman–Crippen LogP) is 7.27. The summed E-state index contributed by atoms with van der Waals surface area (Å²) in [7, 11) is 0. The third-order valence-electron chi connectivity index (χ3n) is 6.69. The third-order valence-corrected chi connectivity index (χ3v) is 6.69. The van der Waals surface area contributed by atoms with Crippen LogP contribution in [0.5, 0.6) is 0 Å². The molecule has 3 amide bonds. The molecule has 0 bridgehead atoms. The van der Waals surface area contributed by atoms with Crippen molar-refractivity contribution in [2.45, 2.75) is 131 Å². The molecule has 1 aromatic carbocycles. The summed E-state index contributed by atoms with van der Waals surface area (Å²) in [6, 6.07) is 5.59. The number of hydrogen-bond donors (Lipinski definition) is 2. The average molecular weight is 558 g/mol. The minimum atomic E-state index is -0.871. The van der Waals surface area contributed by atoms with Crippen LogP contribution in [-0.4, -0.2) is 46.5 Å². The second kappa shape index (κ2) is 16.4. The van der Waals surface area contributed by atoms with E-state index in [2.05, 4.69) is 38.0 Å². The summed E-state index contributed by atoms with van der Waals surface area (Å²) in [6.07, 6.45) is 4.89. The van der Waals surface area contributed by atoms with Crippen LogP contribution < -0.4 is 10.6 Å². The topological polar surface area (TPSA) is 87.7 Å². The van der Waals surface area contributed by atoms with Crippen LogP contribution in [0, 0.1) is 11.8 Å². The minimum absolute atomic E-state index is 0.0446. The molecule has 0 fully saturated rings. The van der Waals surface area contributed by atoms with Gasteiger partial charge >= 0.3 is 6.09 Å². The van der Waals surface area contributed by atoms with Gasteiger partial charge in [0.05, 0.1) is 0 Å². The summed E-state index contributed by atoms with van der Waals surface area (Å²) in [5.41, 5.74) is 0.872. The molecule has 1 rings (SSSR count). The van der Waals surface area contributed by atoms with Gasteiger partial charge in [-0.15, -0.1) is 0 Å². The Hall–Kier alpha value is -2.83. The van der Waals surface area contributed by atoms with Gasteiger partial charge in [0.25, 0.3) is 0 Å². The highest BCUT2D eigenvalue weighted by Gasteiger charge is 2.39. The van der Waals surface area contributed by atoms with Gasteiger partial charge in [-0.25, -0.2) is 4.79 Å². The molecule has 7 nitrogen and oxygen atoms in total. The van der Waals surface area contributed by atoms with Gasteiger partial charge in [0, 0.05) is 12.1 Å². The number of alkyl carbamates (subject to hydrolysis) is 1. The van der Waals surface area contributed by atoms with E-state index >= 15 is 0 Å². The number of amides is 3. The zero-order chi connectivity index (χ0) is 30.6. The van der Waals surface area contributed by atoms with Crippen molar-refractivity contribution in [3.05, 3.63) is 42.0 Å². The van der Waals surface area contributed by atoms with Crippen LogP contribution in [0.15, 0.2) is 30.8 Å². The zero-order valence-corrected chi connectivity index (χ0v) is 26.7. The molecule has 0 aliphatic carbocycles. The molecule has 0 saturated carbocycles. The second-order valence-corrected chi connectivity index (χ2v) is 12.9. The first kappa shape index (κ1) is 35.2. The molecular formula is C33H55N3O4. The smallest absolute Gasteiger partial charge is 0.408 e. The van der Waals surface area contributed by atoms with Crippen molar-refractivity contribution in [2.75, 3.05) is 0 Å². The monoisotopic (exact) mass is 557 g/mol. The SMILES string of the molecule is C=Cc1cccc(C(C(=O)NC(C)CCC)N(C(=O)C(CC(C)C)NC(=O)OC(C)(C)C)C(C)CCC(C)C)c1. The summed E-state index contributed by atoms with van der Waals surface area (Å²) < 4.78 is 5.51. The van der Waals surface area contributed by atoms with Crippen LogP contribution in [0.1, 0.15) is 119 Å². The first-order valence-electron chi connectivity index (χ1n) is 14.9. The van der Waals surface area contributed by atoms with Crippen LogP contribution in [0.2, 0.25) is 0 Å². The highest BCUT2D eigenvalue weighted by Crippen LogP contribution is 2.29. The van der Waals surface area contributed by atoms with Crippen molar-refractivity contribution in [2.24, 2.45) is 11.8 Å². The lowest BCUT2D eigenvalue weighted by molar-refractivity contribution is -0.145. The molecule has 4 atom stereocenters. The molecule has 7 heteroatoms. The number of nitrogens with one attached hydrogen (secondary N) is 2. The fraction of sp³-hybridized carbons (Fsp3) is 0.667. The number of rotatable bonds is 15. The fourth-order valence-corrected chi connectivity index (χ4v) is 4.76. The Bertz CT molecular complexity index is 967. The Kier molecular flexibility index (Phi) is 14.5. The van der Waals surface area contributed by atoms with Crippen molar-refractivity contribution >= 4 is 24.0 Å². The maximum atomic E-state index is 14.5. The lowest BCUT2D eigenvalue weighted by atomic mass is 9.94. The lowest BCUT2D eigenvalue weighted by Crippen LogP contribution is -2.56. The zero-order valence-electron chi connectivity index (χ0n) is 26.7. The Morgan fingerprint density at radius 1 is 0.975 bits per heavy atom. The Labute approximate surface area is 243 Å². The predicted molar refractivity (Wildman–Crippen MR) is 165 cm³/mol. The molecule has 40 heavy (non-hydrogen) atoms. The highest BCUT2D eigenvalue weighted by molar-refractivity contribution is 5.92.